The van der Waals surface area contributed by atoms with Gasteiger partial charge < -0.3 is 14.8 Å². The number of ether oxygens (including phenoxy) is 2. The molecule has 0 aromatic heterocycles. The molecule has 0 radical (unpaired) electrons. The molecular weight excluding hydrogens is 328 g/mol. The molecule has 0 fully saturated rings. The van der Waals surface area contributed by atoms with Crippen LogP contribution in [0.4, 0.5) is 0 Å². The standard InChI is InChI=1S/C21H22N2O3/c1-3-11-26-19-10-9-17(13-20(19)25-2)12-18(14-22)21(24)23-15-16-7-5-4-6-8-16/h4-10,12-13H,3,11,15H2,1-2H3,(H,23,24)/b18-12+. The summed E-state index contributed by atoms with van der Waals surface area (Å²) in [5, 5.41) is 12.1. The van der Waals surface area contributed by atoms with Crippen LogP contribution in [0.5, 0.6) is 11.5 Å². The van der Waals surface area contributed by atoms with E-state index in [1.807, 2.05) is 43.3 Å². The minimum atomic E-state index is -0.415. The van der Waals surface area contributed by atoms with E-state index >= 15 is 0 Å². The number of benzene rings is 2. The summed E-state index contributed by atoms with van der Waals surface area (Å²) in [6, 6.07) is 16.8. The van der Waals surface area contributed by atoms with Crippen molar-refractivity contribution >= 4 is 12.0 Å². The van der Waals surface area contributed by atoms with Crippen LogP contribution in [0.3, 0.4) is 0 Å². The van der Waals surface area contributed by atoms with E-state index in [4.69, 9.17) is 9.47 Å². The minimum absolute atomic E-state index is 0.0326. The maximum atomic E-state index is 12.3. The summed E-state index contributed by atoms with van der Waals surface area (Å²) in [6.45, 7) is 2.99. The van der Waals surface area contributed by atoms with Gasteiger partial charge in [0, 0.05) is 6.54 Å². The minimum Gasteiger partial charge on any atom is -0.493 e. The Hall–Kier alpha value is -3.26. The summed E-state index contributed by atoms with van der Waals surface area (Å²) in [7, 11) is 1.55. The topological polar surface area (TPSA) is 71.3 Å². The number of hydrogen-bond donors (Lipinski definition) is 1. The highest BCUT2D eigenvalue weighted by molar-refractivity contribution is 6.01. The normalized spacial score (nSPS) is 10.7. The molecule has 0 atom stereocenters. The van der Waals surface area contributed by atoms with Gasteiger partial charge in [0.2, 0.25) is 0 Å². The highest BCUT2D eigenvalue weighted by Crippen LogP contribution is 2.29. The second kappa shape index (κ2) is 9.90. The maximum absolute atomic E-state index is 12.3. The van der Waals surface area contributed by atoms with Crippen LogP contribution >= 0.6 is 0 Å². The predicted octanol–water partition coefficient (Wildman–Crippen LogP) is 3.71. The lowest BCUT2D eigenvalue weighted by Gasteiger charge is -2.10. The van der Waals surface area contributed by atoms with Crippen LogP contribution in [0.25, 0.3) is 6.08 Å². The Bertz CT molecular complexity index is 808. The molecule has 26 heavy (non-hydrogen) atoms. The van der Waals surface area contributed by atoms with Crippen molar-refractivity contribution in [1.82, 2.24) is 5.32 Å². The molecule has 0 aliphatic carbocycles. The predicted molar refractivity (Wildman–Crippen MR) is 101 cm³/mol. The number of rotatable bonds is 8. The summed E-state index contributed by atoms with van der Waals surface area (Å²) < 4.78 is 10.9. The Kier molecular flexibility index (Phi) is 7.26. The van der Waals surface area contributed by atoms with Gasteiger partial charge in [0.25, 0.3) is 5.91 Å². The summed E-state index contributed by atoms with van der Waals surface area (Å²) in [6.07, 6.45) is 2.43. The molecule has 0 bridgehead atoms. The molecule has 0 aliphatic rings. The number of amides is 1. The second-order valence-electron chi connectivity index (χ2n) is 5.60. The van der Waals surface area contributed by atoms with Crippen molar-refractivity contribution in [3.8, 4) is 17.6 Å². The van der Waals surface area contributed by atoms with E-state index in [9.17, 15) is 10.1 Å². The molecule has 5 nitrogen and oxygen atoms in total. The molecule has 2 aromatic rings. The van der Waals surface area contributed by atoms with Crippen LogP contribution in [-0.4, -0.2) is 19.6 Å². The average Bonchev–Trinajstić information content (AvgIpc) is 2.69. The quantitative estimate of drug-likeness (QED) is 0.582. The van der Waals surface area contributed by atoms with Crippen LogP contribution in [0, 0.1) is 11.3 Å². The number of hydrogen-bond acceptors (Lipinski definition) is 4. The monoisotopic (exact) mass is 350 g/mol. The Morgan fingerprint density at radius 3 is 2.62 bits per heavy atom. The Morgan fingerprint density at radius 1 is 1.19 bits per heavy atom. The number of carbonyl (C=O) groups is 1. The average molecular weight is 350 g/mol. The van der Waals surface area contributed by atoms with Crippen LogP contribution in [0.15, 0.2) is 54.1 Å². The van der Waals surface area contributed by atoms with Crippen molar-refractivity contribution in [2.45, 2.75) is 19.9 Å². The van der Waals surface area contributed by atoms with Crippen LogP contribution < -0.4 is 14.8 Å². The Balaban J connectivity index is 2.11. The maximum Gasteiger partial charge on any atom is 0.262 e. The molecule has 1 amide bonds. The van der Waals surface area contributed by atoms with Gasteiger partial charge in [-0.3, -0.25) is 4.79 Å². The first kappa shape index (κ1) is 19.1. The first-order valence-electron chi connectivity index (χ1n) is 8.42. The molecule has 0 aliphatic heterocycles. The number of nitrogens with zero attached hydrogens (tertiary/aromatic N) is 1. The number of carbonyl (C=O) groups excluding carboxylic acids is 1. The zero-order valence-corrected chi connectivity index (χ0v) is 15.0. The van der Waals surface area contributed by atoms with Gasteiger partial charge in [0.15, 0.2) is 11.5 Å². The number of methoxy groups -OCH3 is 1. The molecule has 0 heterocycles. The SMILES string of the molecule is CCCOc1ccc(/C=C(\C#N)C(=O)NCc2ccccc2)cc1OC. The molecule has 0 saturated heterocycles. The van der Waals surface area contributed by atoms with E-state index < -0.39 is 5.91 Å². The highest BCUT2D eigenvalue weighted by atomic mass is 16.5. The van der Waals surface area contributed by atoms with Crippen molar-refractivity contribution < 1.29 is 14.3 Å². The fourth-order valence-corrected chi connectivity index (χ4v) is 2.29. The Morgan fingerprint density at radius 2 is 1.96 bits per heavy atom. The zero-order valence-electron chi connectivity index (χ0n) is 15.0. The molecule has 2 aromatic carbocycles. The van der Waals surface area contributed by atoms with Crippen molar-refractivity contribution in [3.05, 3.63) is 65.2 Å². The fourth-order valence-electron chi connectivity index (χ4n) is 2.29. The first-order chi connectivity index (χ1) is 12.7. The van der Waals surface area contributed by atoms with Crippen molar-refractivity contribution in [2.24, 2.45) is 0 Å². The van der Waals surface area contributed by atoms with E-state index in [1.54, 1.807) is 25.3 Å². The molecule has 0 saturated carbocycles. The first-order valence-corrected chi connectivity index (χ1v) is 8.42. The summed E-state index contributed by atoms with van der Waals surface area (Å²) in [5.41, 5.74) is 1.69. The fraction of sp³-hybridized carbons (Fsp3) is 0.238. The number of nitrogens with one attached hydrogen (secondary N) is 1. The van der Waals surface area contributed by atoms with Crippen molar-refractivity contribution in [3.63, 3.8) is 0 Å². The molecule has 2 rings (SSSR count). The number of nitriles is 1. The van der Waals surface area contributed by atoms with E-state index in [-0.39, 0.29) is 5.57 Å². The highest BCUT2D eigenvalue weighted by Gasteiger charge is 2.10. The van der Waals surface area contributed by atoms with E-state index in [0.717, 1.165) is 12.0 Å². The third-order valence-corrected chi connectivity index (χ3v) is 3.62. The molecule has 0 spiro atoms. The third-order valence-electron chi connectivity index (χ3n) is 3.62. The molecule has 1 N–H and O–H groups in total. The summed E-state index contributed by atoms with van der Waals surface area (Å²) in [4.78, 5) is 12.3. The van der Waals surface area contributed by atoms with Gasteiger partial charge in [0.1, 0.15) is 11.6 Å². The van der Waals surface area contributed by atoms with E-state index in [1.165, 1.54) is 6.08 Å². The zero-order chi connectivity index (χ0) is 18.8. The van der Waals surface area contributed by atoms with E-state index in [0.29, 0.717) is 30.2 Å². The van der Waals surface area contributed by atoms with Gasteiger partial charge in [-0.15, -0.1) is 0 Å². The smallest absolute Gasteiger partial charge is 0.262 e. The lowest BCUT2D eigenvalue weighted by molar-refractivity contribution is -0.117. The van der Waals surface area contributed by atoms with Gasteiger partial charge in [-0.25, -0.2) is 0 Å². The van der Waals surface area contributed by atoms with E-state index in [2.05, 4.69) is 5.32 Å². The molecular formula is C21H22N2O3. The summed E-state index contributed by atoms with van der Waals surface area (Å²) in [5.74, 6) is 0.786. The largest absolute Gasteiger partial charge is 0.493 e. The van der Waals surface area contributed by atoms with Gasteiger partial charge in [-0.2, -0.15) is 5.26 Å². The van der Waals surface area contributed by atoms with Crippen molar-refractivity contribution in [1.29, 1.82) is 5.26 Å². The van der Waals surface area contributed by atoms with Gasteiger partial charge in [-0.1, -0.05) is 43.3 Å². The Labute approximate surface area is 153 Å². The van der Waals surface area contributed by atoms with Crippen LogP contribution in [0.1, 0.15) is 24.5 Å². The third kappa shape index (κ3) is 5.38. The summed E-state index contributed by atoms with van der Waals surface area (Å²) >= 11 is 0. The van der Waals surface area contributed by atoms with Gasteiger partial charge in [0.05, 0.1) is 13.7 Å². The van der Waals surface area contributed by atoms with Gasteiger partial charge >= 0.3 is 0 Å². The lowest BCUT2D eigenvalue weighted by Crippen LogP contribution is -2.23. The lowest BCUT2D eigenvalue weighted by atomic mass is 10.1. The molecule has 5 heteroatoms. The molecule has 0 unspecified atom stereocenters. The van der Waals surface area contributed by atoms with Crippen LogP contribution in [0.2, 0.25) is 0 Å². The van der Waals surface area contributed by atoms with Crippen LogP contribution in [-0.2, 0) is 11.3 Å². The van der Waals surface area contributed by atoms with Crippen molar-refractivity contribution in [2.75, 3.05) is 13.7 Å². The molecule has 134 valence electrons. The second-order valence-corrected chi connectivity index (χ2v) is 5.60. The van der Waals surface area contributed by atoms with Gasteiger partial charge in [-0.05, 0) is 35.8 Å².